The Balaban J connectivity index is 2.73. The molecule has 1 aromatic rings. The third-order valence-electron chi connectivity index (χ3n) is 3.28. The fourth-order valence-electron chi connectivity index (χ4n) is 1.50. The summed E-state index contributed by atoms with van der Waals surface area (Å²) in [5, 5.41) is 3.38. The van der Waals surface area contributed by atoms with Crippen LogP contribution in [0, 0.1) is 23.7 Å². The van der Waals surface area contributed by atoms with Gasteiger partial charge in [0.15, 0.2) is 0 Å². The second kappa shape index (κ2) is 7.94. The number of carbonyl (C=O) groups excluding carboxylic acids is 1. The fraction of sp³-hybridized carbons (Fsp3) is 0.438. The van der Waals surface area contributed by atoms with Crippen LogP contribution in [0.5, 0.6) is 0 Å². The van der Waals surface area contributed by atoms with Crippen molar-refractivity contribution >= 4 is 17.5 Å². The Kier molecular flexibility index (Phi) is 6.57. The van der Waals surface area contributed by atoms with Gasteiger partial charge in [0, 0.05) is 17.7 Å². The molecule has 0 radical (unpaired) electrons. The third kappa shape index (κ3) is 4.88. The lowest BCUT2D eigenvalue weighted by Crippen LogP contribution is -2.30. The molecule has 0 aliphatic rings. The fourth-order valence-corrected chi connectivity index (χ4v) is 1.72. The minimum absolute atomic E-state index is 0.113. The van der Waals surface area contributed by atoms with Crippen molar-refractivity contribution in [2.24, 2.45) is 17.6 Å². The summed E-state index contributed by atoms with van der Waals surface area (Å²) >= 11 is 6.10. The monoisotopic (exact) mass is 292 g/mol. The highest BCUT2D eigenvalue weighted by atomic mass is 35.5. The number of amides is 1. The number of hydrogen-bond donors (Lipinski definition) is 2. The van der Waals surface area contributed by atoms with Gasteiger partial charge >= 0.3 is 0 Å². The van der Waals surface area contributed by atoms with Crippen LogP contribution in [0.15, 0.2) is 18.2 Å². The van der Waals surface area contributed by atoms with Crippen LogP contribution >= 0.6 is 11.6 Å². The van der Waals surface area contributed by atoms with E-state index in [2.05, 4.69) is 37.9 Å². The third-order valence-corrected chi connectivity index (χ3v) is 3.59. The van der Waals surface area contributed by atoms with Gasteiger partial charge in [-0.1, -0.05) is 44.2 Å². The van der Waals surface area contributed by atoms with Gasteiger partial charge in [0.2, 0.25) is 0 Å². The summed E-state index contributed by atoms with van der Waals surface area (Å²) in [6.45, 7) is 7.33. The van der Waals surface area contributed by atoms with Crippen molar-refractivity contribution in [1.82, 2.24) is 5.32 Å². The molecule has 3 N–H and O–H groups in total. The Labute approximate surface area is 125 Å². The summed E-state index contributed by atoms with van der Waals surface area (Å²) in [5.41, 5.74) is 6.55. The lowest BCUT2D eigenvalue weighted by molar-refractivity contribution is 0.0945. The molecule has 0 bridgehead atoms. The van der Waals surface area contributed by atoms with Crippen molar-refractivity contribution in [2.75, 3.05) is 13.1 Å². The van der Waals surface area contributed by atoms with E-state index in [1.165, 1.54) is 0 Å². The number of benzene rings is 1. The average Bonchev–Trinajstić information content (AvgIpc) is 2.42. The Bertz CT molecular complexity index is 529. The van der Waals surface area contributed by atoms with Gasteiger partial charge in [0.1, 0.15) is 0 Å². The van der Waals surface area contributed by atoms with Crippen LogP contribution in [0.2, 0.25) is 5.02 Å². The largest absolute Gasteiger partial charge is 0.352 e. The SMILES string of the molecule is CC(C)C(C)CNC(=O)c1ccc(C#CCN)c(Cl)c1. The van der Waals surface area contributed by atoms with Gasteiger partial charge in [-0.25, -0.2) is 0 Å². The molecular formula is C16H21ClN2O. The molecule has 1 rings (SSSR count). The van der Waals surface area contributed by atoms with Gasteiger partial charge in [-0.2, -0.15) is 0 Å². The normalized spacial score (nSPS) is 11.7. The van der Waals surface area contributed by atoms with E-state index in [4.69, 9.17) is 17.3 Å². The van der Waals surface area contributed by atoms with E-state index in [1.54, 1.807) is 18.2 Å². The molecule has 0 heterocycles. The molecular weight excluding hydrogens is 272 g/mol. The maximum atomic E-state index is 12.0. The molecule has 0 spiro atoms. The molecule has 1 amide bonds. The molecule has 20 heavy (non-hydrogen) atoms. The highest BCUT2D eigenvalue weighted by molar-refractivity contribution is 6.32. The van der Waals surface area contributed by atoms with Gasteiger partial charge < -0.3 is 11.1 Å². The molecule has 1 atom stereocenters. The summed E-state index contributed by atoms with van der Waals surface area (Å²) in [6, 6.07) is 5.10. The molecule has 0 fully saturated rings. The second-order valence-electron chi connectivity index (χ2n) is 5.13. The quantitative estimate of drug-likeness (QED) is 0.838. The minimum Gasteiger partial charge on any atom is -0.352 e. The lowest BCUT2D eigenvalue weighted by Gasteiger charge is -2.16. The van der Waals surface area contributed by atoms with Crippen molar-refractivity contribution in [1.29, 1.82) is 0 Å². The number of hydrogen-bond acceptors (Lipinski definition) is 2. The summed E-state index contributed by atoms with van der Waals surface area (Å²) in [7, 11) is 0. The molecule has 0 aliphatic heterocycles. The highest BCUT2D eigenvalue weighted by Crippen LogP contribution is 2.17. The van der Waals surface area contributed by atoms with Crippen molar-refractivity contribution in [3.05, 3.63) is 34.3 Å². The van der Waals surface area contributed by atoms with Crippen LogP contribution in [-0.4, -0.2) is 19.0 Å². The smallest absolute Gasteiger partial charge is 0.251 e. The van der Waals surface area contributed by atoms with Gasteiger partial charge in [-0.3, -0.25) is 4.79 Å². The Morgan fingerprint density at radius 2 is 2.10 bits per heavy atom. The van der Waals surface area contributed by atoms with E-state index in [1.807, 2.05) is 0 Å². The molecule has 3 nitrogen and oxygen atoms in total. The highest BCUT2D eigenvalue weighted by Gasteiger charge is 2.11. The maximum Gasteiger partial charge on any atom is 0.251 e. The first kappa shape index (κ1) is 16.6. The predicted molar refractivity (Wildman–Crippen MR) is 83.7 cm³/mol. The van der Waals surface area contributed by atoms with E-state index in [-0.39, 0.29) is 12.5 Å². The molecule has 0 aromatic heterocycles. The van der Waals surface area contributed by atoms with Crippen LogP contribution < -0.4 is 11.1 Å². The number of nitrogens with one attached hydrogen (secondary N) is 1. The van der Waals surface area contributed by atoms with E-state index < -0.39 is 0 Å². The van der Waals surface area contributed by atoms with E-state index in [0.29, 0.717) is 34.5 Å². The van der Waals surface area contributed by atoms with E-state index in [0.717, 1.165) is 0 Å². The second-order valence-corrected chi connectivity index (χ2v) is 5.54. The molecule has 0 aliphatic carbocycles. The van der Waals surface area contributed by atoms with Crippen molar-refractivity contribution in [2.45, 2.75) is 20.8 Å². The zero-order valence-corrected chi connectivity index (χ0v) is 12.9. The number of nitrogens with two attached hydrogens (primary N) is 1. The number of carbonyl (C=O) groups is 1. The van der Waals surface area contributed by atoms with Crippen LogP contribution in [0.1, 0.15) is 36.7 Å². The first-order valence-corrected chi connectivity index (χ1v) is 7.10. The molecule has 0 saturated heterocycles. The van der Waals surface area contributed by atoms with Crippen LogP contribution in [0.25, 0.3) is 0 Å². The van der Waals surface area contributed by atoms with Gasteiger partial charge in [0.25, 0.3) is 5.91 Å². The van der Waals surface area contributed by atoms with Crippen LogP contribution in [-0.2, 0) is 0 Å². The van der Waals surface area contributed by atoms with E-state index >= 15 is 0 Å². The Morgan fingerprint density at radius 1 is 1.40 bits per heavy atom. The summed E-state index contributed by atoms with van der Waals surface area (Å²) in [6.07, 6.45) is 0. The van der Waals surface area contributed by atoms with Crippen molar-refractivity contribution < 1.29 is 4.79 Å². The summed E-state index contributed by atoms with van der Waals surface area (Å²) < 4.78 is 0. The molecule has 1 aromatic carbocycles. The van der Waals surface area contributed by atoms with Crippen molar-refractivity contribution in [3.8, 4) is 11.8 Å². The molecule has 108 valence electrons. The lowest BCUT2D eigenvalue weighted by atomic mass is 9.98. The van der Waals surface area contributed by atoms with Crippen LogP contribution in [0.4, 0.5) is 0 Å². The molecule has 1 unspecified atom stereocenters. The zero-order chi connectivity index (χ0) is 15.1. The topological polar surface area (TPSA) is 55.1 Å². The van der Waals surface area contributed by atoms with Gasteiger partial charge in [-0.15, -0.1) is 0 Å². The van der Waals surface area contributed by atoms with E-state index in [9.17, 15) is 4.79 Å². The first-order chi connectivity index (χ1) is 9.45. The Hall–Kier alpha value is -1.50. The predicted octanol–water partition coefficient (Wildman–Crippen LogP) is 2.67. The van der Waals surface area contributed by atoms with Gasteiger partial charge in [0.05, 0.1) is 11.6 Å². The minimum atomic E-state index is -0.113. The summed E-state index contributed by atoms with van der Waals surface area (Å²) in [5.74, 6) is 6.46. The number of halogens is 1. The molecule has 0 saturated carbocycles. The average molecular weight is 293 g/mol. The Morgan fingerprint density at radius 3 is 2.65 bits per heavy atom. The van der Waals surface area contributed by atoms with Gasteiger partial charge in [-0.05, 0) is 30.0 Å². The maximum absolute atomic E-state index is 12.0. The number of rotatable bonds is 4. The zero-order valence-electron chi connectivity index (χ0n) is 12.2. The standard InChI is InChI=1S/C16H21ClN2O/c1-11(2)12(3)10-19-16(20)14-7-6-13(5-4-8-18)15(17)9-14/h6-7,9,11-12H,8,10,18H2,1-3H3,(H,19,20). The molecule has 4 heteroatoms. The summed E-state index contributed by atoms with van der Waals surface area (Å²) in [4.78, 5) is 12.0. The van der Waals surface area contributed by atoms with Crippen molar-refractivity contribution in [3.63, 3.8) is 0 Å². The van der Waals surface area contributed by atoms with Crippen LogP contribution in [0.3, 0.4) is 0 Å². The first-order valence-electron chi connectivity index (χ1n) is 6.72.